The third-order valence-corrected chi connectivity index (χ3v) is 8.36. The number of carbonyl (C=O) groups excluding carboxylic acids is 2. The SMILES string of the molecule is CC(O)C(NC(=O)CCc1ccc(C2(C)C(=O)Nc3nc(-c4nn(Cc5ccccc5F)c5ncccc45)nc(N)c32)cc1)C(=O)O. The molecule has 3 atom stereocenters. The number of nitrogens with two attached hydrogens (primary N) is 1. The number of aliphatic hydroxyl groups is 1. The van der Waals surface area contributed by atoms with E-state index in [4.69, 9.17) is 5.73 Å². The van der Waals surface area contributed by atoms with Crippen LogP contribution >= 0.6 is 0 Å². The molecule has 4 heterocycles. The van der Waals surface area contributed by atoms with Gasteiger partial charge < -0.3 is 26.6 Å². The number of rotatable bonds is 10. The fourth-order valence-electron chi connectivity index (χ4n) is 5.76. The summed E-state index contributed by atoms with van der Waals surface area (Å²) in [6.07, 6.45) is 0.671. The summed E-state index contributed by atoms with van der Waals surface area (Å²) in [6, 6.07) is 15.6. The summed E-state index contributed by atoms with van der Waals surface area (Å²) in [6.45, 7) is 3.14. The van der Waals surface area contributed by atoms with E-state index in [0.717, 1.165) is 5.56 Å². The van der Waals surface area contributed by atoms with E-state index in [0.29, 0.717) is 39.8 Å². The molecule has 13 nitrogen and oxygen atoms in total. The monoisotopic (exact) mass is 638 g/mol. The first-order chi connectivity index (χ1) is 22.5. The van der Waals surface area contributed by atoms with Crippen LogP contribution in [-0.4, -0.2) is 64.9 Å². The number of pyridine rings is 1. The van der Waals surface area contributed by atoms with Crippen molar-refractivity contribution >= 4 is 40.5 Å². The third kappa shape index (κ3) is 5.74. The van der Waals surface area contributed by atoms with Crippen molar-refractivity contribution in [2.75, 3.05) is 11.1 Å². The highest BCUT2D eigenvalue weighted by Gasteiger charge is 2.47. The molecule has 0 saturated carbocycles. The molecule has 0 saturated heterocycles. The zero-order valence-electron chi connectivity index (χ0n) is 25.4. The van der Waals surface area contributed by atoms with Crippen LogP contribution in [0.3, 0.4) is 0 Å². The Labute approximate surface area is 267 Å². The molecule has 0 radical (unpaired) electrons. The Hall–Kier alpha value is -5.76. The topological polar surface area (TPSA) is 198 Å². The summed E-state index contributed by atoms with van der Waals surface area (Å²) >= 11 is 0. The largest absolute Gasteiger partial charge is 0.480 e. The first-order valence-corrected chi connectivity index (χ1v) is 14.8. The second-order valence-electron chi connectivity index (χ2n) is 11.5. The molecule has 47 heavy (non-hydrogen) atoms. The summed E-state index contributed by atoms with van der Waals surface area (Å²) in [5.41, 5.74) is 8.41. The fraction of sp³-hybridized carbons (Fsp3) is 0.242. The van der Waals surface area contributed by atoms with Crippen molar-refractivity contribution in [1.29, 1.82) is 0 Å². The number of fused-ring (bicyclic) bond motifs is 2. The van der Waals surface area contributed by atoms with Gasteiger partial charge in [0.05, 0.1) is 23.6 Å². The first kappa shape index (κ1) is 31.2. The molecule has 1 aliphatic heterocycles. The highest BCUT2D eigenvalue weighted by Crippen LogP contribution is 2.45. The Morgan fingerprint density at radius 1 is 1.11 bits per heavy atom. The number of aryl methyl sites for hydroxylation is 1. The van der Waals surface area contributed by atoms with Crippen LogP contribution in [0.5, 0.6) is 0 Å². The number of carbonyl (C=O) groups is 3. The smallest absolute Gasteiger partial charge is 0.328 e. The molecule has 14 heteroatoms. The predicted octanol–water partition coefficient (Wildman–Crippen LogP) is 2.80. The number of aliphatic carboxylic acids is 1. The summed E-state index contributed by atoms with van der Waals surface area (Å²) in [7, 11) is 0. The quantitative estimate of drug-likeness (QED) is 0.152. The van der Waals surface area contributed by atoms with Crippen molar-refractivity contribution in [3.05, 3.63) is 94.9 Å². The van der Waals surface area contributed by atoms with E-state index in [9.17, 15) is 29.0 Å². The van der Waals surface area contributed by atoms with E-state index in [1.54, 1.807) is 72.4 Å². The number of aromatic nitrogens is 5. The van der Waals surface area contributed by atoms with Gasteiger partial charge in [-0.3, -0.25) is 9.59 Å². The molecular weight excluding hydrogens is 607 g/mol. The molecule has 2 aromatic carbocycles. The van der Waals surface area contributed by atoms with Gasteiger partial charge in [-0.2, -0.15) is 5.10 Å². The Balaban J connectivity index is 1.26. The maximum absolute atomic E-state index is 14.5. The average molecular weight is 639 g/mol. The van der Waals surface area contributed by atoms with Crippen molar-refractivity contribution in [2.24, 2.45) is 0 Å². The van der Waals surface area contributed by atoms with Crippen molar-refractivity contribution in [1.82, 2.24) is 30.0 Å². The zero-order chi connectivity index (χ0) is 33.5. The number of nitrogens with one attached hydrogen (secondary N) is 2. The number of hydrogen-bond donors (Lipinski definition) is 5. The molecular formula is C33H31FN8O5. The van der Waals surface area contributed by atoms with Gasteiger partial charge in [-0.1, -0.05) is 42.5 Å². The predicted molar refractivity (Wildman–Crippen MR) is 170 cm³/mol. The fourth-order valence-corrected chi connectivity index (χ4v) is 5.76. The maximum atomic E-state index is 14.5. The van der Waals surface area contributed by atoms with Crippen molar-refractivity contribution < 1.29 is 29.0 Å². The molecule has 6 rings (SSSR count). The van der Waals surface area contributed by atoms with E-state index >= 15 is 0 Å². The van der Waals surface area contributed by atoms with Gasteiger partial charge in [-0.05, 0) is 49.6 Å². The Morgan fingerprint density at radius 2 is 1.85 bits per heavy atom. The maximum Gasteiger partial charge on any atom is 0.328 e. The van der Waals surface area contributed by atoms with Gasteiger partial charge in [0.1, 0.15) is 28.6 Å². The van der Waals surface area contributed by atoms with Crippen LogP contribution in [0.25, 0.3) is 22.6 Å². The van der Waals surface area contributed by atoms with Crippen molar-refractivity contribution in [3.8, 4) is 11.5 Å². The van der Waals surface area contributed by atoms with Crippen molar-refractivity contribution in [2.45, 2.75) is 50.8 Å². The lowest BCUT2D eigenvalue weighted by molar-refractivity contribution is -0.144. The molecule has 0 spiro atoms. The number of nitrogens with zero attached hydrogens (tertiary/aromatic N) is 5. The molecule has 5 aromatic rings. The normalized spacial score (nSPS) is 16.8. The number of halogens is 1. The lowest BCUT2D eigenvalue weighted by Gasteiger charge is -2.23. The Kier molecular flexibility index (Phi) is 8.11. The van der Waals surface area contributed by atoms with E-state index < -0.39 is 29.4 Å². The van der Waals surface area contributed by atoms with E-state index in [-0.39, 0.29) is 42.2 Å². The summed E-state index contributed by atoms with van der Waals surface area (Å²) in [5.74, 6) is -2.06. The molecule has 240 valence electrons. The Morgan fingerprint density at radius 3 is 2.55 bits per heavy atom. The number of aliphatic hydroxyl groups excluding tert-OH is 1. The number of nitrogen functional groups attached to an aromatic ring is 1. The average Bonchev–Trinajstić information content (AvgIpc) is 3.54. The molecule has 0 fully saturated rings. The number of amides is 2. The van der Waals surface area contributed by atoms with Gasteiger partial charge in [0.2, 0.25) is 11.8 Å². The van der Waals surface area contributed by atoms with Gasteiger partial charge in [0, 0.05) is 18.2 Å². The molecule has 6 N–H and O–H groups in total. The highest BCUT2D eigenvalue weighted by atomic mass is 19.1. The van der Waals surface area contributed by atoms with Crippen LogP contribution < -0.4 is 16.4 Å². The minimum absolute atomic E-state index is 0.000250. The molecule has 3 aromatic heterocycles. The van der Waals surface area contributed by atoms with E-state index in [1.807, 2.05) is 0 Å². The minimum Gasteiger partial charge on any atom is -0.480 e. The van der Waals surface area contributed by atoms with Crippen LogP contribution in [0.2, 0.25) is 0 Å². The van der Waals surface area contributed by atoms with Gasteiger partial charge in [0.15, 0.2) is 17.5 Å². The van der Waals surface area contributed by atoms with Crippen LogP contribution in [0.1, 0.15) is 42.5 Å². The van der Waals surface area contributed by atoms with Gasteiger partial charge in [-0.25, -0.2) is 28.8 Å². The third-order valence-electron chi connectivity index (χ3n) is 8.36. The number of carboxylic acids is 1. The van der Waals surface area contributed by atoms with E-state index in [1.165, 1.54) is 13.0 Å². The van der Waals surface area contributed by atoms with Gasteiger partial charge >= 0.3 is 5.97 Å². The molecule has 0 aliphatic carbocycles. The van der Waals surface area contributed by atoms with Crippen LogP contribution in [0.4, 0.5) is 16.0 Å². The molecule has 3 unspecified atom stereocenters. The zero-order valence-corrected chi connectivity index (χ0v) is 25.4. The second kappa shape index (κ2) is 12.2. The van der Waals surface area contributed by atoms with Crippen molar-refractivity contribution in [3.63, 3.8) is 0 Å². The van der Waals surface area contributed by atoms with Crippen LogP contribution in [-0.2, 0) is 32.8 Å². The first-order valence-electron chi connectivity index (χ1n) is 14.8. The van der Waals surface area contributed by atoms with Crippen LogP contribution in [0.15, 0.2) is 66.9 Å². The lowest BCUT2D eigenvalue weighted by atomic mass is 9.77. The highest BCUT2D eigenvalue weighted by molar-refractivity contribution is 6.09. The van der Waals surface area contributed by atoms with Gasteiger partial charge in [-0.15, -0.1) is 0 Å². The summed E-state index contributed by atoms with van der Waals surface area (Å²) in [4.78, 5) is 50.7. The molecule has 0 bridgehead atoms. The van der Waals surface area contributed by atoms with Crippen LogP contribution in [0, 0.1) is 5.82 Å². The number of carboxylic acid groups (broad SMARTS) is 1. The number of anilines is 2. The Bertz CT molecular complexity index is 2030. The van der Waals surface area contributed by atoms with E-state index in [2.05, 4.69) is 30.7 Å². The minimum atomic E-state index is -1.40. The number of hydrogen-bond acceptors (Lipinski definition) is 9. The lowest BCUT2D eigenvalue weighted by Crippen LogP contribution is -2.47. The molecule has 1 aliphatic rings. The standard InChI is InChI=1S/C33H31FN8O5/c1-17(43)25(31(45)46)37-23(44)14-11-18-9-12-20(13-10-18)33(2)24-27(35)38-29(39-28(24)40-32(33)47)26-21-7-5-15-36-30(21)42(41-26)16-19-6-3-4-8-22(19)34/h3-10,12-13,15,17,25,43H,11,14,16H2,1-2H3,(H,37,44)(H,45,46)(H3,35,38,39,40,47). The summed E-state index contributed by atoms with van der Waals surface area (Å²) < 4.78 is 16.0. The summed E-state index contributed by atoms with van der Waals surface area (Å²) in [5, 5.41) is 29.2. The molecule has 2 amide bonds. The number of benzene rings is 2. The van der Waals surface area contributed by atoms with Gasteiger partial charge in [0.25, 0.3) is 0 Å². The second-order valence-corrected chi connectivity index (χ2v) is 11.5.